The molecule has 2 atom stereocenters. The van der Waals surface area contributed by atoms with Crippen LogP contribution in [-0.4, -0.2) is 56.2 Å². The van der Waals surface area contributed by atoms with Crippen LogP contribution in [0.15, 0.2) is 38.8 Å². The minimum Gasteiger partial charge on any atom is -0.481 e. The highest BCUT2D eigenvalue weighted by molar-refractivity contribution is 5.82. The number of aliphatic carboxylic acids is 1. The molecule has 262 valence electrons. The van der Waals surface area contributed by atoms with Crippen LogP contribution in [0.25, 0.3) is 11.1 Å². The van der Waals surface area contributed by atoms with Crippen molar-refractivity contribution in [2.75, 3.05) is 20.6 Å². The molecule has 1 amide bonds. The number of carboxylic acids is 1. The second-order valence-electron chi connectivity index (χ2n) is 12.7. The van der Waals surface area contributed by atoms with E-state index < -0.39 is 64.7 Å². The van der Waals surface area contributed by atoms with Gasteiger partial charge in [0.15, 0.2) is 0 Å². The molecule has 3 aromatic rings. The monoisotopic (exact) mass is 679 g/mol. The van der Waals surface area contributed by atoms with Crippen LogP contribution in [0, 0.1) is 25.6 Å². The van der Waals surface area contributed by atoms with Crippen LogP contribution >= 0.6 is 0 Å². The minimum atomic E-state index is -4.83. The predicted octanol–water partition coefficient (Wildman–Crippen LogP) is 3.71. The Hall–Kier alpha value is -4.53. The van der Waals surface area contributed by atoms with Crippen molar-refractivity contribution in [2.45, 2.75) is 65.2 Å². The summed E-state index contributed by atoms with van der Waals surface area (Å²) < 4.78 is 60.5. The fourth-order valence-electron chi connectivity index (χ4n) is 5.59. The van der Waals surface area contributed by atoms with Crippen molar-refractivity contribution in [3.05, 3.63) is 89.4 Å². The second kappa shape index (κ2) is 14.7. The molecule has 11 nitrogen and oxygen atoms in total. The molecule has 1 aromatic carbocycles. The number of alkyl halides is 3. The van der Waals surface area contributed by atoms with E-state index in [4.69, 9.17) is 0 Å². The van der Waals surface area contributed by atoms with Gasteiger partial charge in [-0.2, -0.15) is 13.2 Å². The average Bonchev–Trinajstić information content (AvgIpc) is 2.97. The molecule has 3 rings (SSSR count). The second-order valence-corrected chi connectivity index (χ2v) is 12.7. The van der Waals surface area contributed by atoms with E-state index in [1.807, 2.05) is 0 Å². The van der Waals surface area contributed by atoms with Gasteiger partial charge >= 0.3 is 17.8 Å². The number of pyridine rings is 1. The van der Waals surface area contributed by atoms with Gasteiger partial charge in [0.1, 0.15) is 11.9 Å². The van der Waals surface area contributed by atoms with Crippen LogP contribution in [0.3, 0.4) is 0 Å². The van der Waals surface area contributed by atoms with Crippen molar-refractivity contribution in [2.24, 2.45) is 20.0 Å². The van der Waals surface area contributed by atoms with Gasteiger partial charge in [-0.3, -0.25) is 23.7 Å². The van der Waals surface area contributed by atoms with E-state index in [0.717, 1.165) is 15.3 Å². The SMILES string of the molecule is Cc1cc(-c2c(C)n(C)c(=O)n(C)c2=O)cc(C(CC(=O)O)NC(=O)[C@H](CC(C)C)n2cc(CCN(C)C)c(C(F)(F)F)cc2=O)c1F. The molecule has 2 heterocycles. The highest BCUT2D eigenvalue weighted by atomic mass is 19.4. The van der Waals surface area contributed by atoms with Crippen LogP contribution < -0.4 is 22.1 Å². The van der Waals surface area contributed by atoms with Gasteiger partial charge in [-0.1, -0.05) is 13.8 Å². The Morgan fingerprint density at radius 3 is 2.19 bits per heavy atom. The number of hydrogen-bond donors (Lipinski definition) is 2. The zero-order chi connectivity index (χ0) is 36.4. The fourth-order valence-corrected chi connectivity index (χ4v) is 5.59. The number of carbonyl (C=O) groups excluding carboxylic acids is 1. The van der Waals surface area contributed by atoms with Gasteiger partial charge in [-0.15, -0.1) is 0 Å². The number of carboxylic acid groups (broad SMARTS) is 1. The van der Waals surface area contributed by atoms with E-state index in [9.17, 15) is 42.3 Å². The largest absolute Gasteiger partial charge is 0.481 e. The lowest BCUT2D eigenvalue weighted by Gasteiger charge is -2.27. The van der Waals surface area contributed by atoms with Crippen molar-refractivity contribution in [3.63, 3.8) is 0 Å². The smallest absolute Gasteiger partial charge is 0.416 e. The van der Waals surface area contributed by atoms with Gasteiger partial charge in [-0.05, 0) is 75.5 Å². The lowest BCUT2D eigenvalue weighted by atomic mass is 9.93. The van der Waals surface area contributed by atoms with E-state index in [1.165, 1.54) is 44.6 Å². The number of nitrogens with one attached hydrogen (secondary N) is 1. The number of aryl methyl sites for hydroxylation is 1. The van der Waals surface area contributed by atoms with Gasteiger partial charge < -0.3 is 24.5 Å². The highest BCUT2D eigenvalue weighted by Crippen LogP contribution is 2.33. The lowest BCUT2D eigenvalue weighted by Crippen LogP contribution is -2.41. The maximum atomic E-state index is 15.8. The zero-order valence-corrected chi connectivity index (χ0v) is 28.2. The lowest BCUT2D eigenvalue weighted by molar-refractivity contribution is -0.139. The maximum Gasteiger partial charge on any atom is 0.416 e. The number of benzene rings is 1. The molecular weight excluding hydrogens is 638 g/mol. The van der Waals surface area contributed by atoms with Crippen LogP contribution in [0.4, 0.5) is 17.6 Å². The third kappa shape index (κ3) is 8.30. The van der Waals surface area contributed by atoms with Crippen LogP contribution in [0.2, 0.25) is 0 Å². The van der Waals surface area contributed by atoms with Crippen LogP contribution in [-0.2, 0) is 36.3 Å². The van der Waals surface area contributed by atoms with Crippen molar-refractivity contribution < 1.29 is 32.3 Å². The number of aromatic nitrogens is 3. The van der Waals surface area contributed by atoms with Gasteiger partial charge in [0.25, 0.3) is 11.1 Å². The number of carbonyl (C=O) groups is 2. The molecule has 0 fully saturated rings. The molecule has 0 aliphatic rings. The molecule has 2 N–H and O–H groups in total. The average molecular weight is 680 g/mol. The summed E-state index contributed by atoms with van der Waals surface area (Å²) in [5, 5.41) is 12.3. The number of rotatable bonds is 12. The zero-order valence-electron chi connectivity index (χ0n) is 28.2. The Labute approximate surface area is 274 Å². The number of nitrogens with zero attached hydrogens (tertiary/aromatic N) is 4. The molecule has 0 aliphatic heterocycles. The number of amides is 1. The summed E-state index contributed by atoms with van der Waals surface area (Å²) in [4.78, 5) is 66.3. The van der Waals surface area contributed by atoms with Gasteiger partial charge in [0.2, 0.25) is 5.91 Å². The number of hydrogen-bond acceptors (Lipinski definition) is 6. The summed E-state index contributed by atoms with van der Waals surface area (Å²) in [5.74, 6) is -3.42. The Balaban J connectivity index is 2.20. The van der Waals surface area contributed by atoms with Crippen molar-refractivity contribution in [1.82, 2.24) is 23.9 Å². The molecule has 2 aromatic heterocycles. The molecule has 0 radical (unpaired) electrons. The fraction of sp³-hybridized carbons (Fsp3) is 0.485. The summed E-state index contributed by atoms with van der Waals surface area (Å²) in [6, 6.07) is 0.151. The maximum absolute atomic E-state index is 15.8. The molecule has 0 aliphatic carbocycles. The Bertz CT molecular complexity index is 1890. The first-order chi connectivity index (χ1) is 22.1. The van der Waals surface area contributed by atoms with Gasteiger partial charge in [0.05, 0.1) is 23.6 Å². The molecule has 0 saturated heterocycles. The summed E-state index contributed by atoms with van der Waals surface area (Å²) in [6.07, 6.45) is -4.72. The topological polar surface area (TPSA) is 136 Å². The Morgan fingerprint density at radius 1 is 1.02 bits per heavy atom. The first kappa shape index (κ1) is 37.9. The number of likely N-dealkylation sites (N-methyl/N-ethyl adjacent to an activating group) is 1. The Kier molecular flexibility index (Phi) is 11.6. The third-order valence-electron chi connectivity index (χ3n) is 8.23. The molecule has 1 unspecified atom stereocenters. The summed E-state index contributed by atoms with van der Waals surface area (Å²) >= 11 is 0. The molecule has 0 saturated carbocycles. The standard InChI is InChI=1S/C33H41F4N5O6/c1-17(2)11-25(42-16-20(9-10-39(5)6)23(14-26(42)43)33(35,36)37)30(46)38-24(15-27(44)45)22-13-21(12-18(3)29(22)34)28-19(4)40(7)32(48)41(8)31(28)47/h12-14,16-17,24-25H,9-11,15H2,1-8H3,(H,38,46)(H,44,45)/t24?,25-/m0/s1. The van der Waals surface area contributed by atoms with E-state index in [2.05, 4.69) is 5.32 Å². The van der Waals surface area contributed by atoms with E-state index in [1.54, 1.807) is 32.8 Å². The number of halogens is 4. The molecular formula is C33H41F4N5O6. The summed E-state index contributed by atoms with van der Waals surface area (Å²) in [7, 11) is 6.08. The first-order valence-electron chi connectivity index (χ1n) is 15.2. The van der Waals surface area contributed by atoms with E-state index >= 15 is 4.39 Å². The van der Waals surface area contributed by atoms with Gasteiger partial charge in [-0.25, -0.2) is 9.18 Å². The first-order valence-corrected chi connectivity index (χ1v) is 15.2. The van der Waals surface area contributed by atoms with Crippen LogP contribution in [0.5, 0.6) is 0 Å². The highest BCUT2D eigenvalue weighted by Gasteiger charge is 2.36. The summed E-state index contributed by atoms with van der Waals surface area (Å²) in [6.45, 7) is 6.61. The normalized spacial score (nSPS) is 13.2. The quantitative estimate of drug-likeness (QED) is 0.279. The molecule has 0 spiro atoms. The minimum absolute atomic E-state index is 0.0150. The van der Waals surface area contributed by atoms with E-state index in [0.29, 0.717) is 6.07 Å². The summed E-state index contributed by atoms with van der Waals surface area (Å²) in [5.41, 5.74) is -3.42. The van der Waals surface area contributed by atoms with Gasteiger partial charge in [0, 0.05) is 44.2 Å². The predicted molar refractivity (Wildman–Crippen MR) is 171 cm³/mol. The van der Waals surface area contributed by atoms with Crippen molar-refractivity contribution in [1.29, 1.82) is 0 Å². The van der Waals surface area contributed by atoms with Crippen molar-refractivity contribution >= 4 is 11.9 Å². The van der Waals surface area contributed by atoms with E-state index in [-0.39, 0.29) is 58.8 Å². The molecule has 15 heteroatoms. The Morgan fingerprint density at radius 2 is 1.65 bits per heavy atom. The molecule has 0 bridgehead atoms. The molecule has 48 heavy (non-hydrogen) atoms. The van der Waals surface area contributed by atoms with Crippen LogP contribution in [0.1, 0.15) is 66.7 Å². The van der Waals surface area contributed by atoms with Crippen molar-refractivity contribution in [3.8, 4) is 11.1 Å². The third-order valence-corrected chi connectivity index (χ3v) is 8.23.